The fraction of sp³-hybridized carbons (Fsp3) is 0.227. The van der Waals surface area contributed by atoms with Crippen LogP contribution in [-0.4, -0.2) is 54.5 Å². The van der Waals surface area contributed by atoms with Gasteiger partial charge in [-0.2, -0.15) is 0 Å². The second-order valence-electron chi connectivity index (χ2n) is 6.82. The first-order valence-electron chi connectivity index (χ1n) is 9.38. The highest BCUT2D eigenvalue weighted by atomic mass is 79.9. The summed E-state index contributed by atoms with van der Waals surface area (Å²) in [6.45, 7) is 0.125. The molecule has 2 amide bonds. The van der Waals surface area contributed by atoms with Gasteiger partial charge in [0.1, 0.15) is 11.5 Å². The molecule has 8 nitrogen and oxygen atoms in total. The summed E-state index contributed by atoms with van der Waals surface area (Å²) < 4.78 is 11.2. The molecule has 162 valence electrons. The Morgan fingerprint density at radius 3 is 2.35 bits per heavy atom. The van der Waals surface area contributed by atoms with E-state index < -0.39 is 23.6 Å². The van der Waals surface area contributed by atoms with Gasteiger partial charge in [-0.1, -0.05) is 40.2 Å². The van der Waals surface area contributed by atoms with Crippen molar-refractivity contribution in [3.05, 3.63) is 69.7 Å². The molecule has 0 radical (unpaired) electrons. The number of carbonyl (C=O) groups is 3. The van der Waals surface area contributed by atoms with Gasteiger partial charge in [-0.15, -0.1) is 0 Å². The van der Waals surface area contributed by atoms with Crippen LogP contribution in [-0.2, 0) is 19.1 Å². The molecule has 1 aliphatic rings. The Morgan fingerprint density at radius 2 is 1.77 bits per heavy atom. The van der Waals surface area contributed by atoms with Crippen LogP contribution in [0.4, 0.5) is 0 Å². The molecule has 2 aromatic carbocycles. The molecule has 3 rings (SSSR count). The van der Waals surface area contributed by atoms with E-state index in [0.717, 1.165) is 4.47 Å². The lowest BCUT2D eigenvalue weighted by atomic mass is 9.95. The van der Waals surface area contributed by atoms with Crippen LogP contribution in [0.15, 0.2) is 58.6 Å². The van der Waals surface area contributed by atoms with Crippen LogP contribution in [0.5, 0.6) is 5.75 Å². The van der Waals surface area contributed by atoms with Crippen molar-refractivity contribution in [1.82, 2.24) is 4.90 Å². The van der Waals surface area contributed by atoms with Crippen molar-refractivity contribution in [3.63, 3.8) is 0 Å². The van der Waals surface area contributed by atoms with Crippen molar-refractivity contribution in [2.45, 2.75) is 6.04 Å². The van der Waals surface area contributed by atoms with Crippen LogP contribution in [0.1, 0.15) is 17.2 Å². The third-order valence-corrected chi connectivity index (χ3v) is 5.30. The van der Waals surface area contributed by atoms with Crippen molar-refractivity contribution in [3.8, 4) is 5.75 Å². The van der Waals surface area contributed by atoms with Crippen molar-refractivity contribution in [1.29, 1.82) is 0 Å². The quantitative estimate of drug-likeness (QED) is 0.334. The first-order chi connectivity index (χ1) is 14.8. The Hall–Kier alpha value is -3.17. The smallest absolute Gasteiger partial charge is 0.295 e. The third kappa shape index (κ3) is 4.95. The van der Waals surface area contributed by atoms with Gasteiger partial charge in [-0.3, -0.25) is 14.4 Å². The molecule has 0 spiro atoms. The zero-order valence-electron chi connectivity index (χ0n) is 16.7. The number of Topliss-reactive ketones (excluding diaryl/α,β-unsaturated/α-hetero) is 1. The highest BCUT2D eigenvalue weighted by Crippen LogP contribution is 2.39. The van der Waals surface area contributed by atoms with Crippen LogP contribution in [0.3, 0.4) is 0 Å². The molecule has 1 heterocycles. The fourth-order valence-electron chi connectivity index (χ4n) is 3.31. The second-order valence-corrected chi connectivity index (χ2v) is 7.73. The number of hydrogen-bond donors (Lipinski definition) is 2. The Bertz CT molecular complexity index is 1020. The summed E-state index contributed by atoms with van der Waals surface area (Å²) in [5.74, 6) is -1.94. The van der Waals surface area contributed by atoms with E-state index in [9.17, 15) is 19.5 Å². The average molecular weight is 489 g/mol. The number of nitrogens with zero attached hydrogens (tertiary/aromatic N) is 1. The zero-order chi connectivity index (χ0) is 22.5. The van der Waals surface area contributed by atoms with E-state index in [1.54, 1.807) is 48.5 Å². The number of aliphatic hydroxyl groups excluding tert-OH is 1. The molecule has 31 heavy (non-hydrogen) atoms. The number of ether oxygens (including phenoxy) is 2. The minimum Gasteiger partial charge on any atom is -0.507 e. The summed E-state index contributed by atoms with van der Waals surface area (Å²) in [6, 6.07) is 12.5. The molecule has 1 aliphatic heterocycles. The third-order valence-electron chi connectivity index (χ3n) is 4.77. The number of hydrogen-bond acceptors (Lipinski definition) is 6. The molecule has 0 aromatic heterocycles. The average Bonchev–Trinajstić information content (AvgIpc) is 3.01. The van der Waals surface area contributed by atoms with Crippen molar-refractivity contribution < 1.29 is 29.0 Å². The van der Waals surface area contributed by atoms with E-state index >= 15 is 0 Å². The van der Waals surface area contributed by atoms with Gasteiger partial charge in [-0.05, 0) is 29.8 Å². The van der Waals surface area contributed by atoms with Gasteiger partial charge in [0.15, 0.2) is 6.61 Å². The molecule has 0 saturated carbocycles. The van der Waals surface area contributed by atoms with Crippen LogP contribution >= 0.6 is 15.9 Å². The number of benzene rings is 2. The van der Waals surface area contributed by atoms with E-state index in [2.05, 4.69) is 15.9 Å². The summed E-state index contributed by atoms with van der Waals surface area (Å²) >= 11 is 3.33. The summed E-state index contributed by atoms with van der Waals surface area (Å²) in [6.07, 6.45) is 0. The summed E-state index contributed by atoms with van der Waals surface area (Å²) in [4.78, 5) is 37.9. The maximum Gasteiger partial charge on any atom is 0.295 e. The number of likely N-dealkylation sites (tertiary alicyclic amines) is 1. The van der Waals surface area contributed by atoms with E-state index in [0.29, 0.717) is 16.9 Å². The normalized spacial score (nSPS) is 17.7. The maximum absolute atomic E-state index is 12.9. The van der Waals surface area contributed by atoms with Gasteiger partial charge in [0.2, 0.25) is 0 Å². The number of carbonyl (C=O) groups excluding carboxylic acids is 3. The van der Waals surface area contributed by atoms with Gasteiger partial charge in [0, 0.05) is 23.7 Å². The van der Waals surface area contributed by atoms with Crippen LogP contribution in [0.25, 0.3) is 5.76 Å². The minimum atomic E-state index is -0.802. The lowest BCUT2D eigenvalue weighted by molar-refractivity contribution is -0.140. The number of halogens is 1. The Morgan fingerprint density at radius 1 is 1.13 bits per heavy atom. The Balaban J connectivity index is 2.04. The number of methoxy groups -OCH3 is 1. The van der Waals surface area contributed by atoms with E-state index in [1.165, 1.54) is 12.0 Å². The molecule has 0 unspecified atom stereocenters. The molecule has 3 N–H and O–H groups in total. The first-order valence-corrected chi connectivity index (χ1v) is 10.2. The number of ketones is 1. The lowest BCUT2D eigenvalue weighted by Crippen LogP contribution is -2.32. The molecular weight excluding hydrogens is 468 g/mol. The molecule has 1 atom stereocenters. The molecule has 9 heteroatoms. The zero-order valence-corrected chi connectivity index (χ0v) is 18.3. The van der Waals surface area contributed by atoms with Crippen molar-refractivity contribution in [2.75, 3.05) is 26.9 Å². The number of primary amides is 1. The van der Waals surface area contributed by atoms with E-state index in [1.807, 2.05) is 0 Å². The van der Waals surface area contributed by atoms with Gasteiger partial charge in [-0.25, -0.2) is 0 Å². The Kier molecular flexibility index (Phi) is 7.09. The highest BCUT2D eigenvalue weighted by Gasteiger charge is 2.45. The van der Waals surface area contributed by atoms with Crippen LogP contribution < -0.4 is 10.5 Å². The standard InChI is InChI=1S/C22H21BrN2O6/c1-30-11-10-25-19(13-4-8-16(9-5-13)31-12-17(24)26)18(21(28)22(25)29)20(27)14-2-6-15(23)7-3-14/h2-9,19,27H,10-12H2,1H3,(H2,24,26)/t19-/m1/s1. The van der Waals surface area contributed by atoms with E-state index in [-0.39, 0.29) is 31.1 Å². The maximum atomic E-state index is 12.9. The molecule has 0 bridgehead atoms. The summed E-state index contributed by atoms with van der Waals surface area (Å²) in [5.41, 5.74) is 6.10. The number of amides is 2. The van der Waals surface area contributed by atoms with Crippen molar-refractivity contribution in [2.24, 2.45) is 5.73 Å². The fourth-order valence-corrected chi connectivity index (χ4v) is 3.58. The highest BCUT2D eigenvalue weighted by molar-refractivity contribution is 9.10. The topological polar surface area (TPSA) is 119 Å². The molecule has 2 aromatic rings. The number of nitrogens with two attached hydrogens (primary N) is 1. The minimum absolute atomic E-state index is 0.00534. The predicted octanol–water partition coefficient (Wildman–Crippen LogP) is 2.38. The van der Waals surface area contributed by atoms with Gasteiger partial charge in [0.05, 0.1) is 18.2 Å². The summed E-state index contributed by atoms with van der Waals surface area (Å²) in [5, 5.41) is 10.9. The first kappa shape index (κ1) is 22.5. The monoisotopic (exact) mass is 488 g/mol. The summed E-state index contributed by atoms with van der Waals surface area (Å²) in [7, 11) is 1.50. The van der Waals surface area contributed by atoms with Crippen LogP contribution in [0.2, 0.25) is 0 Å². The van der Waals surface area contributed by atoms with Gasteiger partial charge < -0.3 is 25.2 Å². The van der Waals surface area contributed by atoms with Crippen molar-refractivity contribution >= 4 is 39.3 Å². The van der Waals surface area contributed by atoms with E-state index in [4.69, 9.17) is 15.2 Å². The predicted molar refractivity (Wildman–Crippen MR) is 116 cm³/mol. The Labute approximate surface area is 187 Å². The molecule has 0 aliphatic carbocycles. The SMILES string of the molecule is COCCN1C(=O)C(=O)C(=C(O)c2ccc(Br)cc2)[C@H]1c1ccc(OCC(N)=O)cc1. The second kappa shape index (κ2) is 9.76. The van der Waals surface area contributed by atoms with Gasteiger partial charge >= 0.3 is 0 Å². The van der Waals surface area contributed by atoms with Gasteiger partial charge in [0.25, 0.3) is 17.6 Å². The molecular formula is C22H21BrN2O6. The number of aliphatic hydroxyl groups is 1. The lowest BCUT2D eigenvalue weighted by Gasteiger charge is -2.25. The molecule has 1 saturated heterocycles. The largest absolute Gasteiger partial charge is 0.507 e. The molecule has 1 fully saturated rings. The van der Waals surface area contributed by atoms with Crippen LogP contribution in [0, 0.1) is 0 Å². The number of rotatable bonds is 8.